The highest BCUT2D eigenvalue weighted by Gasteiger charge is 2.28. The molecule has 0 aromatic heterocycles. The van der Waals surface area contributed by atoms with Crippen LogP contribution in [0.5, 0.6) is 0 Å². The van der Waals surface area contributed by atoms with Gasteiger partial charge in [-0.15, -0.1) is 0 Å². The molecule has 0 radical (unpaired) electrons. The van der Waals surface area contributed by atoms with Gasteiger partial charge >= 0.3 is 0 Å². The quantitative estimate of drug-likeness (QED) is 0.759. The molecular weight excluding hydrogens is 427 g/mol. The molecule has 0 bridgehead atoms. The molecule has 1 aliphatic heterocycles. The average molecular weight is 447 g/mol. The van der Waals surface area contributed by atoms with Crippen LogP contribution in [-0.4, -0.2) is 34.2 Å². The third kappa shape index (κ3) is 4.48. The van der Waals surface area contributed by atoms with Gasteiger partial charge in [0.1, 0.15) is 10.7 Å². The van der Waals surface area contributed by atoms with Crippen LogP contribution in [0.2, 0.25) is 5.02 Å². The monoisotopic (exact) mass is 446 g/mol. The molecule has 1 unspecified atom stereocenters. The summed E-state index contributed by atoms with van der Waals surface area (Å²) < 4.78 is 67.9. The van der Waals surface area contributed by atoms with E-state index in [4.69, 9.17) is 11.6 Å². The fraction of sp³-hybridized carbons (Fsp3) is 0.333. The molecule has 0 saturated carbocycles. The number of hydrogen-bond donors (Lipinski definition) is 1. The van der Waals surface area contributed by atoms with Gasteiger partial charge in [0.2, 0.25) is 10.0 Å². The van der Waals surface area contributed by atoms with E-state index in [9.17, 15) is 21.2 Å². The Morgan fingerprint density at radius 3 is 2.39 bits per heavy atom. The zero-order valence-corrected chi connectivity index (χ0v) is 17.5. The Hall–Kier alpha value is -1.68. The molecule has 0 amide bonds. The van der Waals surface area contributed by atoms with Gasteiger partial charge in [-0.25, -0.2) is 21.2 Å². The maximum Gasteiger partial charge on any atom is 0.264 e. The molecule has 1 N–H and O–H groups in total. The fourth-order valence-corrected chi connectivity index (χ4v) is 5.99. The minimum atomic E-state index is -4.18. The molecule has 1 aliphatic rings. The van der Waals surface area contributed by atoms with Crippen molar-refractivity contribution in [1.29, 1.82) is 0 Å². The second-order valence-corrected chi connectivity index (χ2v) is 10.8. The predicted molar refractivity (Wildman–Crippen MR) is 106 cm³/mol. The van der Waals surface area contributed by atoms with E-state index in [1.807, 2.05) is 6.92 Å². The zero-order valence-electron chi connectivity index (χ0n) is 15.1. The van der Waals surface area contributed by atoms with Crippen LogP contribution in [0.3, 0.4) is 0 Å². The first kappa shape index (κ1) is 21.0. The van der Waals surface area contributed by atoms with Crippen LogP contribution >= 0.6 is 11.6 Å². The Morgan fingerprint density at radius 1 is 1.11 bits per heavy atom. The predicted octanol–water partition coefficient (Wildman–Crippen LogP) is 3.70. The summed E-state index contributed by atoms with van der Waals surface area (Å²) in [7, 11) is -7.82. The lowest BCUT2D eigenvalue weighted by Gasteiger charge is -2.30. The minimum Gasteiger partial charge on any atom is -0.280 e. The second kappa shape index (κ2) is 7.98. The van der Waals surface area contributed by atoms with Crippen molar-refractivity contribution in [3.05, 3.63) is 53.3 Å². The topological polar surface area (TPSA) is 83.6 Å². The van der Waals surface area contributed by atoms with Gasteiger partial charge in [0.05, 0.1) is 4.90 Å². The first-order valence-corrected chi connectivity index (χ1v) is 12.0. The summed E-state index contributed by atoms with van der Waals surface area (Å²) in [6.45, 7) is 2.94. The van der Waals surface area contributed by atoms with E-state index in [1.165, 1.54) is 34.6 Å². The van der Waals surface area contributed by atoms with Gasteiger partial charge in [0, 0.05) is 23.8 Å². The first-order valence-electron chi connectivity index (χ1n) is 8.68. The number of rotatable bonds is 5. The lowest BCUT2D eigenvalue weighted by atomic mass is 10.0. The molecule has 152 valence electrons. The van der Waals surface area contributed by atoms with Gasteiger partial charge in [-0.1, -0.05) is 18.5 Å². The highest BCUT2D eigenvalue weighted by Crippen LogP contribution is 2.26. The maximum atomic E-state index is 13.9. The van der Waals surface area contributed by atoms with E-state index in [-0.39, 0.29) is 15.6 Å². The van der Waals surface area contributed by atoms with Gasteiger partial charge in [-0.05, 0) is 61.2 Å². The van der Waals surface area contributed by atoms with Crippen LogP contribution in [0, 0.1) is 11.7 Å². The van der Waals surface area contributed by atoms with Crippen LogP contribution in [0.15, 0.2) is 52.3 Å². The Bertz CT molecular complexity index is 1070. The number of hydrogen-bond acceptors (Lipinski definition) is 4. The zero-order chi connectivity index (χ0) is 20.5. The van der Waals surface area contributed by atoms with Crippen LogP contribution in [0.25, 0.3) is 0 Å². The van der Waals surface area contributed by atoms with E-state index in [0.29, 0.717) is 19.0 Å². The molecule has 3 rings (SSSR count). The van der Waals surface area contributed by atoms with E-state index in [0.717, 1.165) is 25.0 Å². The summed E-state index contributed by atoms with van der Waals surface area (Å²) in [5.41, 5.74) is 0.125. The van der Waals surface area contributed by atoms with Crippen molar-refractivity contribution < 1.29 is 21.2 Å². The molecule has 1 fully saturated rings. The van der Waals surface area contributed by atoms with E-state index >= 15 is 0 Å². The van der Waals surface area contributed by atoms with Gasteiger partial charge in [-0.2, -0.15) is 4.31 Å². The lowest BCUT2D eigenvalue weighted by molar-refractivity contribution is 0.281. The fourth-order valence-electron chi connectivity index (χ4n) is 3.11. The molecule has 1 atom stereocenters. The van der Waals surface area contributed by atoms with Crippen molar-refractivity contribution in [2.24, 2.45) is 5.92 Å². The van der Waals surface area contributed by atoms with Gasteiger partial charge in [0.15, 0.2) is 0 Å². The molecular formula is C18H20ClFN2O4S2. The van der Waals surface area contributed by atoms with Crippen molar-refractivity contribution in [3.8, 4) is 0 Å². The summed E-state index contributed by atoms with van der Waals surface area (Å²) in [6.07, 6.45) is 1.80. The number of sulfonamides is 2. The molecule has 6 nitrogen and oxygen atoms in total. The van der Waals surface area contributed by atoms with Crippen molar-refractivity contribution in [2.45, 2.75) is 29.6 Å². The van der Waals surface area contributed by atoms with E-state index in [2.05, 4.69) is 4.72 Å². The highest BCUT2D eigenvalue weighted by molar-refractivity contribution is 7.92. The van der Waals surface area contributed by atoms with Gasteiger partial charge in [0.25, 0.3) is 10.0 Å². The average Bonchev–Trinajstić information content (AvgIpc) is 2.61. The molecule has 0 aliphatic carbocycles. The third-order valence-electron chi connectivity index (χ3n) is 4.55. The number of benzene rings is 2. The lowest BCUT2D eigenvalue weighted by Crippen LogP contribution is -2.39. The first-order chi connectivity index (χ1) is 13.1. The molecule has 28 heavy (non-hydrogen) atoms. The largest absolute Gasteiger partial charge is 0.280 e. The van der Waals surface area contributed by atoms with Crippen LogP contribution < -0.4 is 4.72 Å². The number of nitrogens with one attached hydrogen (secondary N) is 1. The molecule has 1 saturated heterocycles. The summed E-state index contributed by atoms with van der Waals surface area (Å²) in [4.78, 5) is -0.460. The van der Waals surface area contributed by atoms with Crippen molar-refractivity contribution in [1.82, 2.24) is 4.31 Å². The minimum absolute atomic E-state index is 0.0815. The second-order valence-electron chi connectivity index (χ2n) is 6.82. The number of nitrogens with zero attached hydrogens (tertiary/aromatic N) is 1. The van der Waals surface area contributed by atoms with Crippen molar-refractivity contribution in [2.75, 3.05) is 17.8 Å². The molecule has 1 heterocycles. The van der Waals surface area contributed by atoms with E-state index < -0.39 is 30.8 Å². The molecule has 0 spiro atoms. The standard InChI is InChI=1S/C18H20ClFN2O4S2/c1-13-3-2-10-22(12-13)28(25,26)16-7-5-15(6-8-16)21-27(23,24)18-9-4-14(19)11-17(18)20/h4-9,11,13,21H,2-3,10,12H2,1H3. The Labute approximate surface area is 169 Å². The van der Waals surface area contributed by atoms with E-state index in [1.54, 1.807) is 0 Å². The molecule has 10 heteroatoms. The van der Waals surface area contributed by atoms with Crippen LogP contribution in [0.1, 0.15) is 19.8 Å². The number of anilines is 1. The summed E-state index contributed by atoms with van der Waals surface area (Å²) in [5, 5.41) is 0.0815. The number of halogens is 2. The summed E-state index contributed by atoms with van der Waals surface area (Å²) in [6, 6.07) is 8.60. The summed E-state index contributed by atoms with van der Waals surface area (Å²) >= 11 is 5.64. The van der Waals surface area contributed by atoms with Crippen LogP contribution in [-0.2, 0) is 20.0 Å². The van der Waals surface area contributed by atoms with Crippen molar-refractivity contribution in [3.63, 3.8) is 0 Å². The van der Waals surface area contributed by atoms with Gasteiger partial charge < -0.3 is 0 Å². The third-order valence-corrected chi connectivity index (χ3v) is 8.08. The smallest absolute Gasteiger partial charge is 0.264 e. The van der Waals surface area contributed by atoms with Crippen LogP contribution in [0.4, 0.5) is 10.1 Å². The highest BCUT2D eigenvalue weighted by atomic mass is 35.5. The Balaban J connectivity index is 1.81. The molecule has 2 aromatic rings. The maximum absolute atomic E-state index is 13.9. The van der Waals surface area contributed by atoms with Gasteiger partial charge in [-0.3, -0.25) is 4.72 Å². The Kier molecular flexibility index (Phi) is 6.00. The number of piperidine rings is 1. The molecule has 2 aromatic carbocycles. The normalized spacial score (nSPS) is 18.8. The Morgan fingerprint density at radius 2 is 1.79 bits per heavy atom. The summed E-state index contributed by atoms with van der Waals surface area (Å²) in [5.74, 6) is -0.678. The van der Waals surface area contributed by atoms with Crippen molar-refractivity contribution >= 4 is 37.3 Å². The SMILES string of the molecule is CC1CCCN(S(=O)(=O)c2ccc(NS(=O)(=O)c3ccc(Cl)cc3F)cc2)C1.